The SMILES string of the molecule is O=C1CC(c2noc(-c3cccc4[nH]ccc34)n2)CN1Cc1ccco1. The molecule has 0 bridgehead atoms. The minimum atomic E-state index is -0.0691. The van der Waals surface area contributed by atoms with Gasteiger partial charge in [0.1, 0.15) is 5.76 Å². The zero-order chi connectivity index (χ0) is 17.5. The molecule has 1 N–H and O–H groups in total. The number of carbonyl (C=O) groups excluding carboxylic acids is 1. The Hall–Kier alpha value is -3.35. The van der Waals surface area contributed by atoms with Crippen molar-refractivity contribution in [2.75, 3.05) is 6.54 Å². The smallest absolute Gasteiger partial charge is 0.258 e. The van der Waals surface area contributed by atoms with Crippen LogP contribution < -0.4 is 0 Å². The summed E-state index contributed by atoms with van der Waals surface area (Å²) in [5.74, 6) is 1.82. The molecule has 1 aromatic carbocycles. The predicted molar refractivity (Wildman–Crippen MR) is 93.1 cm³/mol. The second-order valence-corrected chi connectivity index (χ2v) is 6.46. The third-order valence-electron chi connectivity index (χ3n) is 4.77. The van der Waals surface area contributed by atoms with E-state index in [4.69, 9.17) is 8.94 Å². The third kappa shape index (κ3) is 2.48. The maximum Gasteiger partial charge on any atom is 0.258 e. The van der Waals surface area contributed by atoms with Gasteiger partial charge in [-0.15, -0.1) is 0 Å². The summed E-state index contributed by atoms with van der Waals surface area (Å²) < 4.78 is 10.8. The Morgan fingerprint density at radius 1 is 1.23 bits per heavy atom. The van der Waals surface area contributed by atoms with Gasteiger partial charge < -0.3 is 18.8 Å². The molecule has 0 aliphatic carbocycles. The molecule has 1 aliphatic rings. The molecular weight excluding hydrogens is 332 g/mol. The molecule has 1 atom stereocenters. The standard InChI is InChI=1S/C19H16N4O3/c24-17-9-12(10-23(17)11-13-3-2-8-25-13)18-21-19(26-22-18)15-4-1-5-16-14(15)6-7-20-16/h1-8,12,20H,9-11H2. The van der Waals surface area contributed by atoms with Crippen LogP contribution in [0.5, 0.6) is 0 Å². The van der Waals surface area contributed by atoms with Gasteiger partial charge in [-0.2, -0.15) is 4.98 Å². The lowest BCUT2D eigenvalue weighted by molar-refractivity contribution is -0.128. The molecule has 0 radical (unpaired) electrons. The summed E-state index contributed by atoms with van der Waals surface area (Å²) in [4.78, 5) is 21.8. The summed E-state index contributed by atoms with van der Waals surface area (Å²) in [6.07, 6.45) is 3.88. The number of H-pyrrole nitrogens is 1. The van der Waals surface area contributed by atoms with E-state index in [0.717, 1.165) is 22.2 Å². The van der Waals surface area contributed by atoms with Crippen LogP contribution in [0.25, 0.3) is 22.4 Å². The third-order valence-corrected chi connectivity index (χ3v) is 4.77. The van der Waals surface area contributed by atoms with Crippen LogP contribution in [0.2, 0.25) is 0 Å². The first-order chi connectivity index (χ1) is 12.8. The molecule has 4 heterocycles. The van der Waals surface area contributed by atoms with E-state index >= 15 is 0 Å². The van der Waals surface area contributed by atoms with Gasteiger partial charge in [-0.1, -0.05) is 11.2 Å². The van der Waals surface area contributed by atoms with Gasteiger partial charge >= 0.3 is 0 Å². The fraction of sp³-hybridized carbons (Fsp3) is 0.211. The molecule has 1 aliphatic heterocycles. The average Bonchev–Trinajstić information content (AvgIpc) is 3.43. The van der Waals surface area contributed by atoms with Crippen LogP contribution >= 0.6 is 0 Å². The summed E-state index contributed by atoms with van der Waals surface area (Å²) in [5.41, 5.74) is 1.90. The van der Waals surface area contributed by atoms with Crippen molar-refractivity contribution in [3.05, 3.63) is 60.4 Å². The topological polar surface area (TPSA) is 88.2 Å². The number of hydrogen-bond acceptors (Lipinski definition) is 5. The predicted octanol–water partition coefficient (Wildman–Crippen LogP) is 3.33. The lowest BCUT2D eigenvalue weighted by atomic mass is 10.1. The van der Waals surface area contributed by atoms with Crippen LogP contribution in [0.1, 0.15) is 23.9 Å². The van der Waals surface area contributed by atoms with Crippen LogP contribution in [-0.4, -0.2) is 32.5 Å². The number of nitrogens with one attached hydrogen (secondary N) is 1. The lowest BCUT2D eigenvalue weighted by Crippen LogP contribution is -2.24. The van der Waals surface area contributed by atoms with Crippen molar-refractivity contribution in [3.8, 4) is 11.5 Å². The summed E-state index contributed by atoms with van der Waals surface area (Å²) in [6.45, 7) is 1.03. The van der Waals surface area contributed by atoms with Crippen LogP contribution in [0.4, 0.5) is 0 Å². The highest BCUT2D eigenvalue weighted by Crippen LogP contribution is 2.31. The molecule has 4 aromatic rings. The van der Waals surface area contributed by atoms with Crippen LogP contribution in [0.15, 0.2) is 57.8 Å². The fourth-order valence-corrected chi connectivity index (χ4v) is 3.47. The number of fused-ring (bicyclic) bond motifs is 1. The minimum Gasteiger partial charge on any atom is -0.467 e. The van der Waals surface area contributed by atoms with E-state index in [1.165, 1.54) is 0 Å². The number of benzene rings is 1. The van der Waals surface area contributed by atoms with Gasteiger partial charge in [0.25, 0.3) is 5.89 Å². The van der Waals surface area contributed by atoms with Gasteiger partial charge in [-0.3, -0.25) is 4.79 Å². The number of rotatable bonds is 4. The summed E-state index contributed by atoms with van der Waals surface area (Å²) in [5, 5.41) is 5.17. The normalized spacial score (nSPS) is 17.5. The molecule has 5 rings (SSSR count). The monoisotopic (exact) mass is 348 g/mol. The molecular formula is C19H16N4O3. The van der Waals surface area contributed by atoms with Gasteiger partial charge in [-0.25, -0.2) is 0 Å². The highest BCUT2D eigenvalue weighted by atomic mass is 16.5. The Kier molecular flexibility index (Phi) is 3.38. The largest absolute Gasteiger partial charge is 0.467 e. The average molecular weight is 348 g/mol. The van der Waals surface area contributed by atoms with Gasteiger partial charge in [0.05, 0.1) is 12.8 Å². The zero-order valence-corrected chi connectivity index (χ0v) is 13.9. The van der Waals surface area contributed by atoms with Crippen LogP contribution in [0.3, 0.4) is 0 Å². The Morgan fingerprint density at radius 3 is 3.08 bits per heavy atom. The second-order valence-electron chi connectivity index (χ2n) is 6.46. The number of hydrogen-bond donors (Lipinski definition) is 1. The maximum absolute atomic E-state index is 12.3. The molecule has 1 unspecified atom stereocenters. The Morgan fingerprint density at radius 2 is 2.19 bits per heavy atom. The van der Waals surface area contributed by atoms with Crippen molar-refractivity contribution in [1.29, 1.82) is 0 Å². The molecule has 3 aromatic heterocycles. The van der Waals surface area contributed by atoms with Crippen molar-refractivity contribution < 1.29 is 13.7 Å². The molecule has 7 nitrogen and oxygen atoms in total. The molecule has 0 saturated carbocycles. The van der Waals surface area contributed by atoms with Gasteiger partial charge in [0.15, 0.2) is 5.82 Å². The number of aromatic amines is 1. The molecule has 7 heteroatoms. The first kappa shape index (κ1) is 14.9. The number of aromatic nitrogens is 3. The number of likely N-dealkylation sites (tertiary alicyclic amines) is 1. The van der Waals surface area contributed by atoms with Crippen molar-refractivity contribution in [3.63, 3.8) is 0 Å². The summed E-state index contributed by atoms with van der Waals surface area (Å²) in [7, 11) is 0. The summed E-state index contributed by atoms with van der Waals surface area (Å²) >= 11 is 0. The maximum atomic E-state index is 12.3. The Bertz CT molecular complexity index is 1060. The summed E-state index contributed by atoms with van der Waals surface area (Å²) in [6, 6.07) is 11.6. The minimum absolute atomic E-state index is 0.0691. The van der Waals surface area contributed by atoms with Crippen LogP contribution in [0, 0.1) is 0 Å². The highest BCUT2D eigenvalue weighted by molar-refractivity contribution is 5.92. The molecule has 0 spiro atoms. The van der Waals surface area contributed by atoms with Crippen molar-refractivity contribution in [1.82, 2.24) is 20.0 Å². The number of carbonyl (C=O) groups is 1. The highest BCUT2D eigenvalue weighted by Gasteiger charge is 2.34. The van der Waals surface area contributed by atoms with Gasteiger partial charge in [0.2, 0.25) is 5.91 Å². The first-order valence-electron chi connectivity index (χ1n) is 8.48. The van der Waals surface area contributed by atoms with E-state index in [1.54, 1.807) is 11.2 Å². The molecule has 130 valence electrons. The molecule has 1 fully saturated rings. The van der Waals surface area contributed by atoms with E-state index in [-0.39, 0.29) is 11.8 Å². The van der Waals surface area contributed by atoms with E-state index in [1.807, 2.05) is 42.6 Å². The van der Waals surface area contributed by atoms with Crippen molar-refractivity contribution >= 4 is 16.8 Å². The van der Waals surface area contributed by atoms with Gasteiger partial charge in [0, 0.05) is 41.5 Å². The Balaban J connectivity index is 1.39. The van der Waals surface area contributed by atoms with E-state index in [0.29, 0.717) is 31.2 Å². The van der Waals surface area contributed by atoms with Crippen molar-refractivity contribution in [2.45, 2.75) is 18.9 Å². The van der Waals surface area contributed by atoms with E-state index in [9.17, 15) is 4.79 Å². The van der Waals surface area contributed by atoms with Gasteiger partial charge in [-0.05, 0) is 30.3 Å². The fourth-order valence-electron chi connectivity index (χ4n) is 3.47. The van der Waals surface area contributed by atoms with Crippen LogP contribution in [-0.2, 0) is 11.3 Å². The lowest BCUT2D eigenvalue weighted by Gasteiger charge is -2.13. The quantitative estimate of drug-likeness (QED) is 0.611. The Labute approximate surface area is 148 Å². The molecule has 1 amide bonds. The number of amides is 1. The molecule has 1 saturated heterocycles. The van der Waals surface area contributed by atoms with E-state index < -0.39 is 0 Å². The number of furan rings is 1. The molecule has 26 heavy (non-hydrogen) atoms. The number of nitrogens with zero attached hydrogens (tertiary/aromatic N) is 3. The van der Waals surface area contributed by atoms with E-state index in [2.05, 4.69) is 15.1 Å². The first-order valence-corrected chi connectivity index (χ1v) is 8.48. The van der Waals surface area contributed by atoms with Crippen molar-refractivity contribution in [2.24, 2.45) is 0 Å². The second kappa shape index (κ2) is 5.87. The zero-order valence-electron chi connectivity index (χ0n) is 13.9.